The number of fused-ring (bicyclic) bond motifs is 1. The van der Waals surface area contributed by atoms with Crippen LogP contribution in [-0.4, -0.2) is 26.7 Å². The number of benzene rings is 1. The van der Waals surface area contributed by atoms with E-state index >= 15 is 0 Å². The van der Waals surface area contributed by atoms with Crippen LogP contribution in [0.1, 0.15) is 22.6 Å². The normalized spacial score (nSPS) is 13.8. The first-order valence-corrected chi connectivity index (χ1v) is 9.40. The van der Waals surface area contributed by atoms with Crippen molar-refractivity contribution in [2.75, 3.05) is 11.4 Å². The van der Waals surface area contributed by atoms with Crippen molar-refractivity contribution in [2.24, 2.45) is 0 Å². The zero-order chi connectivity index (χ0) is 22.3. The summed E-state index contributed by atoms with van der Waals surface area (Å²) in [6.45, 7) is 2.16. The lowest BCUT2D eigenvalue weighted by atomic mass is 10.1. The van der Waals surface area contributed by atoms with Gasteiger partial charge in [-0.1, -0.05) is 11.6 Å². The number of aromatic amines is 1. The second-order valence-electron chi connectivity index (χ2n) is 6.81. The molecule has 1 aromatic carbocycles. The van der Waals surface area contributed by atoms with Gasteiger partial charge in [-0.05, 0) is 31.5 Å². The van der Waals surface area contributed by atoms with Crippen LogP contribution in [0, 0.1) is 12.7 Å². The molecule has 3 heterocycles. The van der Waals surface area contributed by atoms with Crippen LogP contribution in [0.25, 0.3) is 0 Å². The van der Waals surface area contributed by atoms with Crippen molar-refractivity contribution in [1.82, 2.24) is 20.2 Å². The SMILES string of the molecule is Cc1nc2c(c(Oc3ccc(F)cc3C(F)(F)F)n1)CCN(c1cn[nH]c(=O)c1Cl)C2. The fraction of sp³-hybridized carbons (Fsp3) is 0.263. The Bertz CT molecular complexity index is 1210. The van der Waals surface area contributed by atoms with Crippen molar-refractivity contribution < 1.29 is 22.3 Å². The summed E-state index contributed by atoms with van der Waals surface area (Å²) >= 11 is 6.08. The lowest BCUT2D eigenvalue weighted by Gasteiger charge is -2.30. The van der Waals surface area contributed by atoms with Crippen molar-refractivity contribution >= 4 is 17.3 Å². The predicted molar refractivity (Wildman–Crippen MR) is 103 cm³/mol. The van der Waals surface area contributed by atoms with E-state index in [1.807, 2.05) is 0 Å². The molecule has 1 aliphatic heterocycles. The van der Waals surface area contributed by atoms with E-state index in [0.717, 1.165) is 12.1 Å². The minimum absolute atomic E-state index is 0.0261. The first-order valence-electron chi connectivity index (χ1n) is 9.02. The third-order valence-corrected chi connectivity index (χ3v) is 5.08. The third kappa shape index (κ3) is 4.18. The number of nitrogens with zero attached hydrogens (tertiary/aromatic N) is 4. The Morgan fingerprint density at radius 2 is 2.03 bits per heavy atom. The van der Waals surface area contributed by atoms with Gasteiger partial charge < -0.3 is 9.64 Å². The smallest absolute Gasteiger partial charge is 0.420 e. The standard InChI is InChI=1S/C19H14ClF4N5O2/c1-9-26-13-8-29(14-7-25-28-17(30)16(14)20)5-4-11(13)18(27-9)31-15-3-2-10(21)6-12(15)19(22,23)24/h2-3,6-7H,4-5,8H2,1H3,(H,28,30). The number of anilines is 1. The molecule has 0 fully saturated rings. The number of rotatable bonds is 3. The number of aryl methyl sites for hydroxylation is 1. The quantitative estimate of drug-likeness (QED) is 0.600. The molecule has 31 heavy (non-hydrogen) atoms. The van der Waals surface area contributed by atoms with Crippen LogP contribution in [-0.2, 0) is 19.1 Å². The minimum atomic E-state index is -4.81. The minimum Gasteiger partial charge on any atom is -0.438 e. The molecule has 0 unspecified atom stereocenters. The first-order chi connectivity index (χ1) is 14.6. The second-order valence-corrected chi connectivity index (χ2v) is 7.19. The number of nitrogens with one attached hydrogen (secondary N) is 1. The Hall–Kier alpha value is -3.21. The monoisotopic (exact) mass is 455 g/mol. The average molecular weight is 456 g/mol. The van der Waals surface area contributed by atoms with Gasteiger partial charge in [-0.2, -0.15) is 23.3 Å². The summed E-state index contributed by atoms with van der Waals surface area (Å²) in [7, 11) is 0. The van der Waals surface area contributed by atoms with Gasteiger partial charge in [0.15, 0.2) is 0 Å². The molecular weight excluding hydrogens is 442 g/mol. The van der Waals surface area contributed by atoms with E-state index in [4.69, 9.17) is 16.3 Å². The average Bonchev–Trinajstić information content (AvgIpc) is 2.70. The van der Waals surface area contributed by atoms with E-state index in [1.54, 1.807) is 11.8 Å². The van der Waals surface area contributed by atoms with Gasteiger partial charge in [0.2, 0.25) is 5.88 Å². The van der Waals surface area contributed by atoms with Crippen LogP contribution in [0.3, 0.4) is 0 Å². The molecule has 0 saturated carbocycles. The molecule has 0 aliphatic carbocycles. The van der Waals surface area contributed by atoms with Crippen molar-refractivity contribution in [1.29, 1.82) is 0 Å². The van der Waals surface area contributed by atoms with Crippen LogP contribution in [0.5, 0.6) is 11.6 Å². The van der Waals surface area contributed by atoms with Crippen LogP contribution < -0.4 is 15.2 Å². The van der Waals surface area contributed by atoms with E-state index in [0.29, 0.717) is 36.0 Å². The fourth-order valence-electron chi connectivity index (χ4n) is 3.32. The van der Waals surface area contributed by atoms with Crippen molar-refractivity contribution in [3.63, 3.8) is 0 Å². The number of ether oxygens (including phenoxy) is 1. The topological polar surface area (TPSA) is 84.0 Å². The van der Waals surface area contributed by atoms with E-state index in [9.17, 15) is 22.4 Å². The van der Waals surface area contributed by atoms with Crippen LogP contribution in [0.15, 0.2) is 29.2 Å². The molecule has 0 radical (unpaired) electrons. The highest BCUT2D eigenvalue weighted by Gasteiger charge is 2.36. The first kappa shape index (κ1) is 21.0. The summed E-state index contributed by atoms with van der Waals surface area (Å²) < 4.78 is 58.9. The fourth-order valence-corrected chi connectivity index (χ4v) is 3.53. The molecule has 0 atom stereocenters. The van der Waals surface area contributed by atoms with Gasteiger partial charge in [-0.3, -0.25) is 4.79 Å². The zero-order valence-electron chi connectivity index (χ0n) is 15.9. The number of halogens is 5. The van der Waals surface area contributed by atoms with Crippen molar-refractivity contribution in [3.05, 3.63) is 68.2 Å². The summed E-state index contributed by atoms with van der Waals surface area (Å²) in [5.41, 5.74) is -0.332. The van der Waals surface area contributed by atoms with Gasteiger partial charge in [0.25, 0.3) is 5.56 Å². The van der Waals surface area contributed by atoms with Gasteiger partial charge in [-0.15, -0.1) is 0 Å². The van der Waals surface area contributed by atoms with E-state index in [1.165, 1.54) is 6.20 Å². The van der Waals surface area contributed by atoms with Gasteiger partial charge in [0, 0.05) is 12.1 Å². The second kappa shape index (κ2) is 7.80. The molecule has 4 rings (SSSR count). The lowest BCUT2D eigenvalue weighted by molar-refractivity contribution is -0.138. The van der Waals surface area contributed by atoms with Gasteiger partial charge >= 0.3 is 6.18 Å². The van der Waals surface area contributed by atoms with Crippen LogP contribution >= 0.6 is 11.6 Å². The number of aromatic nitrogens is 4. The van der Waals surface area contributed by atoms with E-state index < -0.39 is 28.9 Å². The molecule has 0 amide bonds. The molecule has 2 aromatic heterocycles. The van der Waals surface area contributed by atoms with Gasteiger partial charge in [0.05, 0.1) is 24.1 Å². The maximum absolute atomic E-state index is 13.4. The molecule has 0 saturated heterocycles. The molecule has 12 heteroatoms. The number of hydrogen-bond acceptors (Lipinski definition) is 6. The molecule has 3 aromatic rings. The summed E-state index contributed by atoms with van der Waals surface area (Å²) in [4.78, 5) is 22.0. The van der Waals surface area contributed by atoms with Gasteiger partial charge in [-0.25, -0.2) is 14.5 Å². The molecule has 1 aliphatic rings. The summed E-state index contributed by atoms with van der Waals surface area (Å²) in [5, 5.41) is 5.96. The van der Waals surface area contributed by atoms with Crippen LogP contribution in [0.4, 0.5) is 23.2 Å². The Balaban J connectivity index is 1.71. The molecular formula is C19H14ClF4N5O2. The molecule has 0 bridgehead atoms. The Labute approximate surface area is 177 Å². The Kier molecular flexibility index (Phi) is 5.29. The third-order valence-electron chi connectivity index (χ3n) is 4.71. The maximum atomic E-state index is 13.4. The summed E-state index contributed by atoms with van der Waals surface area (Å²) in [5.74, 6) is -1.34. The molecule has 1 N–H and O–H groups in total. The van der Waals surface area contributed by atoms with E-state index in [-0.39, 0.29) is 23.3 Å². The predicted octanol–water partition coefficient (Wildman–Crippen LogP) is 4.03. The lowest BCUT2D eigenvalue weighted by Crippen LogP contribution is -2.33. The van der Waals surface area contributed by atoms with Crippen LogP contribution in [0.2, 0.25) is 5.02 Å². The number of H-pyrrole nitrogens is 1. The van der Waals surface area contributed by atoms with E-state index in [2.05, 4.69) is 20.2 Å². The summed E-state index contributed by atoms with van der Waals surface area (Å²) in [6, 6.07) is 2.17. The highest BCUT2D eigenvalue weighted by molar-refractivity contribution is 6.33. The summed E-state index contributed by atoms with van der Waals surface area (Å²) in [6.07, 6.45) is -3.08. The van der Waals surface area contributed by atoms with Crippen molar-refractivity contribution in [3.8, 4) is 11.6 Å². The molecule has 7 nitrogen and oxygen atoms in total. The Morgan fingerprint density at radius 1 is 1.26 bits per heavy atom. The highest BCUT2D eigenvalue weighted by atomic mass is 35.5. The Morgan fingerprint density at radius 3 is 2.77 bits per heavy atom. The highest BCUT2D eigenvalue weighted by Crippen LogP contribution is 2.40. The molecule has 162 valence electrons. The van der Waals surface area contributed by atoms with Gasteiger partial charge in [0.1, 0.15) is 28.0 Å². The zero-order valence-corrected chi connectivity index (χ0v) is 16.7. The van der Waals surface area contributed by atoms with Crippen molar-refractivity contribution in [2.45, 2.75) is 26.1 Å². The number of hydrogen-bond donors (Lipinski definition) is 1. The molecule has 0 spiro atoms. The maximum Gasteiger partial charge on any atom is 0.420 e. The number of alkyl halides is 3. The largest absolute Gasteiger partial charge is 0.438 e.